The minimum atomic E-state index is 0.105. The Morgan fingerprint density at radius 2 is 2.13 bits per heavy atom. The van der Waals surface area contributed by atoms with Gasteiger partial charge in [0.25, 0.3) is 0 Å². The third-order valence-electron chi connectivity index (χ3n) is 2.72. The van der Waals surface area contributed by atoms with Gasteiger partial charge in [-0.25, -0.2) is 0 Å². The van der Waals surface area contributed by atoms with Crippen LogP contribution in [0.25, 0.3) is 0 Å². The van der Waals surface area contributed by atoms with Crippen molar-refractivity contribution < 1.29 is 4.74 Å². The number of nitrogens with zero attached hydrogens (tertiary/aromatic N) is 1. The summed E-state index contributed by atoms with van der Waals surface area (Å²) in [6.45, 7) is 5.41. The highest BCUT2D eigenvalue weighted by Gasteiger charge is 2.27. The molecular weight excluding hydrogens is 188 g/mol. The van der Waals surface area contributed by atoms with Crippen LogP contribution in [0.4, 0.5) is 11.4 Å². The molecule has 0 bridgehead atoms. The average molecular weight is 206 g/mol. The van der Waals surface area contributed by atoms with E-state index in [1.165, 1.54) is 5.69 Å². The predicted octanol–water partition coefficient (Wildman–Crippen LogP) is 2.34. The molecule has 2 rings (SSSR count). The first kappa shape index (κ1) is 10.1. The van der Waals surface area contributed by atoms with E-state index in [-0.39, 0.29) is 5.54 Å². The molecule has 0 saturated carbocycles. The number of anilines is 2. The molecular formula is C12H18N2O. The van der Waals surface area contributed by atoms with Crippen LogP contribution in [-0.4, -0.2) is 26.2 Å². The lowest BCUT2D eigenvalue weighted by Gasteiger charge is -2.40. The maximum absolute atomic E-state index is 5.23. The molecule has 1 aliphatic heterocycles. The van der Waals surface area contributed by atoms with Gasteiger partial charge in [-0.2, -0.15) is 0 Å². The molecule has 1 N–H and O–H groups in total. The van der Waals surface area contributed by atoms with E-state index in [2.05, 4.69) is 37.2 Å². The minimum absolute atomic E-state index is 0.105. The second-order valence-corrected chi connectivity index (χ2v) is 4.75. The van der Waals surface area contributed by atoms with Crippen molar-refractivity contribution in [3.63, 3.8) is 0 Å². The van der Waals surface area contributed by atoms with Crippen molar-refractivity contribution in [3.05, 3.63) is 18.2 Å². The highest BCUT2D eigenvalue weighted by atomic mass is 16.5. The van der Waals surface area contributed by atoms with Crippen molar-refractivity contribution in [2.75, 3.05) is 30.9 Å². The highest BCUT2D eigenvalue weighted by molar-refractivity contribution is 5.74. The third kappa shape index (κ3) is 1.87. The Morgan fingerprint density at radius 3 is 2.80 bits per heavy atom. The number of likely N-dealkylation sites (N-methyl/N-ethyl adjacent to an activating group) is 1. The molecule has 0 atom stereocenters. The molecule has 3 heteroatoms. The molecule has 0 amide bonds. The fourth-order valence-corrected chi connectivity index (χ4v) is 2.16. The number of benzene rings is 1. The lowest BCUT2D eigenvalue weighted by atomic mass is 10.00. The number of ether oxygens (including phenoxy) is 1. The van der Waals surface area contributed by atoms with Crippen LogP contribution < -0.4 is 15.0 Å². The fraction of sp³-hybridized carbons (Fsp3) is 0.500. The lowest BCUT2D eigenvalue weighted by Crippen LogP contribution is -2.46. The molecule has 0 aliphatic carbocycles. The zero-order valence-electron chi connectivity index (χ0n) is 9.79. The van der Waals surface area contributed by atoms with Crippen LogP contribution in [0.5, 0.6) is 5.75 Å². The summed E-state index contributed by atoms with van der Waals surface area (Å²) in [6.07, 6.45) is 0. The van der Waals surface area contributed by atoms with E-state index in [9.17, 15) is 0 Å². The molecule has 15 heavy (non-hydrogen) atoms. The van der Waals surface area contributed by atoms with Crippen molar-refractivity contribution in [2.45, 2.75) is 19.4 Å². The van der Waals surface area contributed by atoms with Gasteiger partial charge in [-0.3, -0.25) is 0 Å². The van der Waals surface area contributed by atoms with Gasteiger partial charge < -0.3 is 15.0 Å². The Morgan fingerprint density at radius 1 is 1.40 bits per heavy atom. The van der Waals surface area contributed by atoms with E-state index in [4.69, 9.17) is 4.74 Å². The number of hydrogen-bond donors (Lipinski definition) is 1. The summed E-state index contributed by atoms with van der Waals surface area (Å²) in [7, 11) is 3.81. The van der Waals surface area contributed by atoms with Crippen LogP contribution in [-0.2, 0) is 0 Å². The largest absolute Gasteiger partial charge is 0.497 e. The van der Waals surface area contributed by atoms with Gasteiger partial charge >= 0.3 is 0 Å². The van der Waals surface area contributed by atoms with Gasteiger partial charge in [0.2, 0.25) is 0 Å². The Balaban J connectivity index is 2.42. The number of rotatable bonds is 1. The van der Waals surface area contributed by atoms with Crippen LogP contribution in [0.15, 0.2) is 18.2 Å². The highest BCUT2D eigenvalue weighted by Crippen LogP contribution is 2.35. The van der Waals surface area contributed by atoms with Crippen LogP contribution in [0, 0.1) is 0 Å². The standard InChI is InChI=1S/C12H18N2O/c1-12(2)8-14(3)11-6-5-9(15-4)7-10(11)13-12/h5-7,13H,8H2,1-4H3. The molecule has 1 aliphatic rings. The molecule has 1 heterocycles. The Labute approximate surface area is 91.0 Å². The first-order valence-corrected chi connectivity index (χ1v) is 5.19. The lowest BCUT2D eigenvalue weighted by molar-refractivity contribution is 0.414. The van der Waals surface area contributed by atoms with Crippen molar-refractivity contribution >= 4 is 11.4 Å². The summed E-state index contributed by atoms with van der Waals surface area (Å²) < 4.78 is 5.23. The second kappa shape index (κ2) is 3.33. The topological polar surface area (TPSA) is 24.5 Å². The summed E-state index contributed by atoms with van der Waals surface area (Å²) in [5, 5.41) is 3.52. The van der Waals surface area contributed by atoms with E-state index in [0.717, 1.165) is 18.0 Å². The Bertz CT molecular complexity index is 374. The van der Waals surface area contributed by atoms with Gasteiger partial charge in [0.15, 0.2) is 0 Å². The van der Waals surface area contributed by atoms with E-state index in [1.54, 1.807) is 7.11 Å². The summed E-state index contributed by atoms with van der Waals surface area (Å²) in [5.74, 6) is 0.896. The fourth-order valence-electron chi connectivity index (χ4n) is 2.16. The van der Waals surface area contributed by atoms with Crippen LogP contribution in [0.2, 0.25) is 0 Å². The predicted molar refractivity (Wildman–Crippen MR) is 64.0 cm³/mol. The van der Waals surface area contributed by atoms with Gasteiger partial charge in [0, 0.05) is 25.2 Å². The second-order valence-electron chi connectivity index (χ2n) is 4.75. The monoisotopic (exact) mass is 206 g/mol. The van der Waals surface area contributed by atoms with E-state index in [0.29, 0.717) is 0 Å². The molecule has 0 fully saturated rings. The van der Waals surface area contributed by atoms with Gasteiger partial charge in [-0.1, -0.05) is 0 Å². The Kier molecular flexibility index (Phi) is 2.25. The van der Waals surface area contributed by atoms with Crippen LogP contribution in [0.1, 0.15) is 13.8 Å². The molecule has 1 aromatic rings. The zero-order chi connectivity index (χ0) is 11.1. The van der Waals surface area contributed by atoms with E-state index in [1.807, 2.05) is 12.1 Å². The van der Waals surface area contributed by atoms with E-state index < -0.39 is 0 Å². The molecule has 0 spiro atoms. The smallest absolute Gasteiger partial charge is 0.121 e. The van der Waals surface area contributed by atoms with E-state index >= 15 is 0 Å². The first-order valence-electron chi connectivity index (χ1n) is 5.19. The molecule has 1 aromatic carbocycles. The van der Waals surface area contributed by atoms with Crippen LogP contribution >= 0.6 is 0 Å². The van der Waals surface area contributed by atoms with Crippen molar-refractivity contribution in [2.24, 2.45) is 0 Å². The summed E-state index contributed by atoms with van der Waals surface area (Å²) in [6, 6.07) is 6.14. The molecule has 3 nitrogen and oxygen atoms in total. The average Bonchev–Trinajstić information content (AvgIpc) is 2.14. The summed E-state index contributed by atoms with van der Waals surface area (Å²) in [4.78, 5) is 2.27. The first-order chi connectivity index (χ1) is 7.02. The Hall–Kier alpha value is -1.38. The minimum Gasteiger partial charge on any atom is -0.497 e. The maximum atomic E-state index is 5.23. The quantitative estimate of drug-likeness (QED) is 0.763. The third-order valence-corrected chi connectivity index (χ3v) is 2.72. The SMILES string of the molecule is COc1ccc2c(c1)NC(C)(C)CN2C. The molecule has 0 radical (unpaired) electrons. The van der Waals surface area contributed by atoms with Crippen LogP contribution in [0.3, 0.4) is 0 Å². The van der Waals surface area contributed by atoms with Gasteiger partial charge in [-0.15, -0.1) is 0 Å². The number of hydrogen-bond acceptors (Lipinski definition) is 3. The molecule has 82 valence electrons. The van der Waals surface area contributed by atoms with Gasteiger partial charge in [0.05, 0.1) is 18.5 Å². The van der Waals surface area contributed by atoms with Crippen molar-refractivity contribution in [3.8, 4) is 5.75 Å². The normalized spacial score (nSPS) is 18.0. The zero-order valence-corrected chi connectivity index (χ0v) is 9.79. The van der Waals surface area contributed by atoms with Crippen molar-refractivity contribution in [1.82, 2.24) is 0 Å². The summed E-state index contributed by atoms with van der Waals surface area (Å²) in [5.41, 5.74) is 2.48. The number of nitrogens with one attached hydrogen (secondary N) is 1. The van der Waals surface area contributed by atoms with Crippen molar-refractivity contribution in [1.29, 1.82) is 0 Å². The molecule has 0 saturated heterocycles. The van der Waals surface area contributed by atoms with Gasteiger partial charge in [-0.05, 0) is 26.0 Å². The summed E-state index contributed by atoms with van der Waals surface area (Å²) >= 11 is 0. The number of fused-ring (bicyclic) bond motifs is 1. The van der Waals surface area contributed by atoms with Gasteiger partial charge in [0.1, 0.15) is 5.75 Å². The molecule has 0 aromatic heterocycles. The number of methoxy groups -OCH3 is 1. The molecule has 0 unspecified atom stereocenters. The maximum Gasteiger partial charge on any atom is 0.121 e.